The Morgan fingerprint density at radius 3 is 2.24 bits per heavy atom. The van der Waals surface area contributed by atoms with Gasteiger partial charge in [0.2, 0.25) is 0 Å². The molecule has 3 aromatic rings. The van der Waals surface area contributed by atoms with Crippen LogP contribution in [0.4, 0.5) is 0 Å². The molecule has 0 fully saturated rings. The maximum atomic E-state index is 12.6. The predicted octanol–water partition coefficient (Wildman–Crippen LogP) is 3.93. The SMILES string of the molecule is CC(=O)c1c[nH]c(C(=O)NC(Cc2ccccc2)c2ccccc2)c1. The summed E-state index contributed by atoms with van der Waals surface area (Å²) in [7, 11) is 0. The molecule has 0 saturated heterocycles. The lowest BCUT2D eigenvalue weighted by Crippen LogP contribution is -2.30. The van der Waals surface area contributed by atoms with E-state index in [-0.39, 0.29) is 17.7 Å². The summed E-state index contributed by atoms with van der Waals surface area (Å²) in [4.78, 5) is 26.9. The number of nitrogens with one attached hydrogen (secondary N) is 2. The van der Waals surface area contributed by atoms with Gasteiger partial charge < -0.3 is 10.3 Å². The van der Waals surface area contributed by atoms with E-state index in [4.69, 9.17) is 0 Å². The van der Waals surface area contributed by atoms with E-state index in [2.05, 4.69) is 10.3 Å². The zero-order valence-corrected chi connectivity index (χ0v) is 14.0. The molecule has 126 valence electrons. The van der Waals surface area contributed by atoms with Crippen LogP contribution >= 0.6 is 0 Å². The van der Waals surface area contributed by atoms with Crippen molar-refractivity contribution in [1.82, 2.24) is 10.3 Å². The molecule has 3 rings (SSSR count). The summed E-state index contributed by atoms with van der Waals surface area (Å²) in [5, 5.41) is 3.07. The summed E-state index contributed by atoms with van der Waals surface area (Å²) in [6.45, 7) is 1.48. The van der Waals surface area contributed by atoms with Gasteiger partial charge in [-0.25, -0.2) is 0 Å². The molecular formula is C21H20N2O2. The van der Waals surface area contributed by atoms with Gasteiger partial charge >= 0.3 is 0 Å². The Kier molecular flexibility index (Phi) is 5.09. The molecule has 0 saturated carbocycles. The van der Waals surface area contributed by atoms with E-state index in [1.807, 2.05) is 60.7 Å². The van der Waals surface area contributed by atoms with Crippen LogP contribution in [-0.4, -0.2) is 16.7 Å². The molecule has 0 spiro atoms. The van der Waals surface area contributed by atoms with Crippen LogP contribution in [0.3, 0.4) is 0 Å². The van der Waals surface area contributed by atoms with Crippen LogP contribution in [0.1, 0.15) is 44.9 Å². The number of carbonyl (C=O) groups is 2. The fourth-order valence-electron chi connectivity index (χ4n) is 2.75. The number of aromatic nitrogens is 1. The highest BCUT2D eigenvalue weighted by Gasteiger charge is 2.18. The lowest BCUT2D eigenvalue weighted by molar-refractivity contribution is 0.0932. The van der Waals surface area contributed by atoms with Gasteiger partial charge in [0.05, 0.1) is 6.04 Å². The van der Waals surface area contributed by atoms with Crippen molar-refractivity contribution in [3.63, 3.8) is 0 Å². The van der Waals surface area contributed by atoms with Crippen LogP contribution < -0.4 is 5.32 Å². The van der Waals surface area contributed by atoms with E-state index in [0.29, 0.717) is 17.7 Å². The Balaban J connectivity index is 1.81. The van der Waals surface area contributed by atoms with Gasteiger partial charge in [-0.3, -0.25) is 9.59 Å². The topological polar surface area (TPSA) is 62.0 Å². The highest BCUT2D eigenvalue weighted by atomic mass is 16.2. The fourth-order valence-corrected chi connectivity index (χ4v) is 2.75. The first-order chi connectivity index (χ1) is 12.1. The fraction of sp³-hybridized carbons (Fsp3) is 0.143. The highest BCUT2D eigenvalue weighted by molar-refractivity contribution is 5.99. The Hall–Kier alpha value is -3.14. The number of ketones is 1. The van der Waals surface area contributed by atoms with Crippen LogP contribution in [0.25, 0.3) is 0 Å². The normalized spacial score (nSPS) is 11.7. The number of carbonyl (C=O) groups excluding carboxylic acids is 2. The van der Waals surface area contributed by atoms with E-state index < -0.39 is 0 Å². The summed E-state index contributed by atoms with van der Waals surface area (Å²) in [6.07, 6.45) is 2.25. The van der Waals surface area contributed by atoms with Gasteiger partial charge in [-0.15, -0.1) is 0 Å². The third-order valence-electron chi connectivity index (χ3n) is 4.12. The number of hydrogen-bond acceptors (Lipinski definition) is 2. The Morgan fingerprint density at radius 2 is 1.64 bits per heavy atom. The van der Waals surface area contributed by atoms with Gasteiger partial charge in [0.1, 0.15) is 5.69 Å². The monoisotopic (exact) mass is 332 g/mol. The minimum Gasteiger partial charge on any atom is -0.356 e. The largest absolute Gasteiger partial charge is 0.356 e. The molecule has 2 N–H and O–H groups in total. The number of aromatic amines is 1. The summed E-state index contributed by atoms with van der Waals surface area (Å²) >= 11 is 0. The lowest BCUT2D eigenvalue weighted by Gasteiger charge is -2.19. The summed E-state index contributed by atoms with van der Waals surface area (Å²) < 4.78 is 0. The summed E-state index contributed by atoms with van der Waals surface area (Å²) in [6, 6.07) is 21.4. The summed E-state index contributed by atoms with van der Waals surface area (Å²) in [5.41, 5.74) is 3.08. The molecule has 1 amide bonds. The van der Waals surface area contributed by atoms with E-state index in [1.54, 1.807) is 12.3 Å². The van der Waals surface area contributed by atoms with Crippen molar-refractivity contribution in [2.24, 2.45) is 0 Å². The van der Waals surface area contributed by atoms with E-state index in [9.17, 15) is 9.59 Å². The number of hydrogen-bond donors (Lipinski definition) is 2. The number of benzene rings is 2. The number of H-pyrrole nitrogens is 1. The standard InChI is InChI=1S/C21H20N2O2/c1-15(24)18-13-20(22-14-18)21(25)23-19(17-10-6-3-7-11-17)12-16-8-4-2-5-9-16/h2-11,13-14,19,22H,12H2,1H3,(H,23,25). The third-order valence-corrected chi connectivity index (χ3v) is 4.12. The molecule has 1 heterocycles. The first kappa shape index (κ1) is 16.7. The molecular weight excluding hydrogens is 312 g/mol. The maximum absolute atomic E-state index is 12.6. The zero-order chi connectivity index (χ0) is 17.6. The molecule has 1 atom stereocenters. The molecule has 1 aromatic heterocycles. The quantitative estimate of drug-likeness (QED) is 0.672. The first-order valence-corrected chi connectivity index (χ1v) is 8.22. The maximum Gasteiger partial charge on any atom is 0.268 e. The minimum absolute atomic E-state index is 0.0702. The van der Waals surface area contributed by atoms with Crippen LogP contribution in [0.15, 0.2) is 72.9 Å². The molecule has 2 aromatic carbocycles. The van der Waals surface area contributed by atoms with E-state index in [0.717, 1.165) is 11.1 Å². The van der Waals surface area contributed by atoms with Gasteiger partial charge in [0.25, 0.3) is 5.91 Å². The van der Waals surface area contributed by atoms with Crippen molar-refractivity contribution in [2.75, 3.05) is 0 Å². The second kappa shape index (κ2) is 7.62. The second-order valence-electron chi connectivity index (χ2n) is 5.98. The van der Waals surface area contributed by atoms with Crippen LogP contribution in [0.2, 0.25) is 0 Å². The van der Waals surface area contributed by atoms with Gasteiger partial charge in [-0.05, 0) is 30.5 Å². The summed E-state index contributed by atoms with van der Waals surface area (Å²) in [5.74, 6) is -0.295. The number of Topliss-reactive ketones (excluding diaryl/α,β-unsaturated/α-hetero) is 1. The van der Waals surface area contributed by atoms with Crippen molar-refractivity contribution in [1.29, 1.82) is 0 Å². The molecule has 4 heteroatoms. The van der Waals surface area contributed by atoms with Crippen molar-refractivity contribution >= 4 is 11.7 Å². The molecule has 25 heavy (non-hydrogen) atoms. The second-order valence-corrected chi connectivity index (χ2v) is 5.98. The van der Waals surface area contributed by atoms with Crippen molar-refractivity contribution in [2.45, 2.75) is 19.4 Å². The predicted molar refractivity (Wildman–Crippen MR) is 97.6 cm³/mol. The molecule has 0 aliphatic carbocycles. The lowest BCUT2D eigenvalue weighted by atomic mass is 9.98. The van der Waals surface area contributed by atoms with Gasteiger partial charge in [-0.1, -0.05) is 60.7 Å². The van der Waals surface area contributed by atoms with Crippen LogP contribution in [-0.2, 0) is 6.42 Å². The van der Waals surface area contributed by atoms with Crippen LogP contribution in [0.5, 0.6) is 0 Å². The third kappa shape index (κ3) is 4.23. The Morgan fingerprint density at radius 1 is 1.00 bits per heavy atom. The average molecular weight is 332 g/mol. The molecule has 0 bridgehead atoms. The van der Waals surface area contributed by atoms with Gasteiger partial charge in [0.15, 0.2) is 5.78 Å². The smallest absolute Gasteiger partial charge is 0.268 e. The molecule has 0 radical (unpaired) electrons. The van der Waals surface area contributed by atoms with E-state index in [1.165, 1.54) is 6.92 Å². The number of rotatable bonds is 6. The van der Waals surface area contributed by atoms with Crippen LogP contribution in [0, 0.1) is 0 Å². The Bertz CT molecular complexity index is 854. The highest BCUT2D eigenvalue weighted by Crippen LogP contribution is 2.19. The van der Waals surface area contributed by atoms with Crippen molar-refractivity contribution in [3.8, 4) is 0 Å². The average Bonchev–Trinajstić information content (AvgIpc) is 3.13. The number of amides is 1. The van der Waals surface area contributed by atoms with Crippen molar-refractivity contribution in [3.05, 3.63) is 95.3 Å². The molecule has 1 unspecified atom stereocenters. The Labute approximate surface area is 146 Å². The van der Waals surface area contributed by atoms with E-state index >= 15 is 0 Å². The molecule has 4 nitrogen and oxygen atoms in total. The molecule has 0 aliphatic heterocycles. The zero-order valence-electron chi connectivity index (χ0n) is 14.0. The van der Waals surface area contributed by atoms with Gasteiger partial charge in [-0.2, -0.15) is 0 Å². The first-order valence-electron chi connectivity index (χ1n) is 8.22. The minimum atomic E-state index is -0.225. The van der Waals surface area contributed by atoms with Gasteiger partial charge in [0, 0.05) is 11.8 Å². The molecule has 0 aliphatic rings. The van der Waals surface area contributed by atoms with Crippen molar-refractivity contribution < 1.29 is 9.59 Å².